The lowest BCUT2D eigenvalue weighted by atomic mass is 10.1. The van der Waals surface area contributed by atoms with Gasteiger partial charge >= 0.3 is 0 Å². The summed E-state index contributed by atoms with van der Waals surface area (Å²) in [6, 6.07) is 5.17. The number of nitrogens with zero attached hydrogens (tertiary/aromatic N) is 1. The number of halogens is 2. The molecule has 1 heterocycles. The summed E-state index contributed by atoms with van der Waals surface area (Å²) in [7, 11) is 1.81. The summed E-state index contributed by atoms with van der Waals surface area (Å²) in [6.07, 6.45) is 0. The van der Waals surface area contributed by atoms with Crippen LogP contribution in [-0.4, -0.2) is 12.0 Å². The van der Waals surface area contributed by atoms with Gasteiger partial charge in [-0.2, -0.15) is 0 Å². The molecule has 2 rings (SSSR count). The highest BCUT2D eigenvalue weighted by Gasteiger charge is 2.09. The molecule has 0 radical (unpaired) electrons. The zero-order valence-corrected chi connectivity index (χ0v) is 10.0. The molecular formula is C11H10BrFN2. The standard InChI is InChI=1S/C11H10BrFN2/c1-6-5-8(13)10(12)7-3-4-9(14-2)15-11(6)7/h3-5H,1-2H3,(H,14,15). The second-order valence-electron chi connectivity index (χ2n) is 3.33. The Morgan fingerprint density at radius 2 is 2.13 bits per heavy atom. The first kappa shape index (κ1) is 10.4. The molecule has 0 unspecified atom stereocenters. The van der Waals surface area contributed by atoms with Crippen LogP contribution in [-0.2, 0) is 0 Å². The van der Waals surface area contributed by atoms with Gasteiger partial charge < -0.3 is 5.32 Å². The van der Waals surface area contributed by atoms with E-state index in [2.05, 4.69) is 26.2 Å². The summed E-state index contributed by atoms with van der Waals surface area (Å²) in [5.74, 6) is 0.531. The first-order valence-corrected chi connectivity index (χ1v) is 5.36. The maximum atomic E-state index is 13.4. The molecule has 1 aromatic carbocycles. The number of hydrogen-bond acceptors (Lipinski definition) is 2. The molecule has 0 aliphatic carbocycles. The van der Waals surface area contributed by atoms with Crippen LogP contribution in [0.25, 0.3) is 10.9 Å². The maximum Gasteiger partial charge on any atom is 0.138 e. The van der Waals surface area contributed by atoms with Gasteiger partial charge in [-0.3, -0.25) is 0 Å². The van der Waals surface area contributed by atoms with Gasteiger partial charge in [-0.05, 0) is 46.6 Å². The number of aromatic nitrogens is 1. The SMILES string of the molecule is CNc1ccc2c(Br)c(F)cc(C)c2n1. The summed E-state index contributed by atoms with van der Waals surface area (Å²) in [4.78, 5) is 4.39. The van der Waals surface area contributed by atoms with Crippen molar-refractivity contribution in [3.8, 4) is 0 Å². The van der Waals surface area contributed by atoms with Crippen molar-refractivity contribution in [3.05, 3.63) is 34.1 Å². The molecule has 2 nitrogen and oxygen atoms in total. The Bertz CT molecular complexity index is 525. The van der Waals surface area contributed by atoms with Crippen LogP contribution in [0.15, 0.2) is 22.7 Å². The van der Waals surface area contributed by atoms with E-state index in [9.17, 15) is 4.39 Å². The molecule has 0 bridgehead atoms. The van der Waals surface area contributed by atoms with E-state index < -0.39 is 0 Å². The van der Waals surface area contributed by atoms with E-state index in [1.54, 1.807) is 0 Å². The summed E-state index contributed by atoms with van der Waals surface area (Å²) in [6.45, 7) is 1.85. The maximum absolute atomic E-state index is 13.4. The van der Waals surface area contributed by atoms with E-state index in [4.69, 9.17) is 0 Å². The Balaban J connectivity index is 2.84. The Hall–Kier alpha value is -1.16. The summed E-state index contributed by atoms with van der Waals surface area (Å²) in [5, 5.41) is 3.76. The number of rotatable bonds is 1. The third kappa shape index (κ3) is 1.69. The van der Waals surface area contributed by atoms with Gasteiger partial charge in [-0.1, -0.05) is 0 Å². The smallest absolute Gasteiger partial charge is 0.138 e. The van der Waals surface area contributed by atoms with Gasteiger partial charge in [-0.15, -0.1) is 0 Å². The molecular weight excluding hydrogens is 259 g/mol. The fourth-order valence-electron chi connectivity index (χ4n) is 1.53. The molecule has 4 heteroatoms. The van der Waals surface area contributed by atoms with Crippen molar-refractivity contribution in [1.29, 1.82) is 0 Å². The van der Waals surface area contributed by atoms with Crippen molar-refractivity contribution in [1.82, 2.24) is 4.98 Å². The number of pyridine rings is 1. The molecule has 0 atom stereocenters. The van der Waals surface area contributed by atoms with E-state index in [0.717, 1.165) is 22.3 Å². The lowest BCUT2D eigenvalue weighted by Gasteiger charge is -2.07. The van der Waals surface area contributed by atoms with Crippen molar-refractivity contribution < 1.29 is 4.39 Å². The van der Waals surface area contributed by atoms with E-state index in [1.165, 1.54) is 6.07 Å². The zero-order valence-electron chi connectivity index (χ0n) is 8.44. The molecule has 1 aromatic heterocycles. The third-order valence-corrected chi connectivity index (χ3v) is 3.12. The molecule has 15 heavy (non-hydrogen) atoms. The Labute approximate surface area is 95.6 Å². The molecule has 1 N–H and O–H groups in total. The highest BCUT2D eigenvalue weighted by molar-refractivity contribution is 9.10. The first-order valence-electron chi connectivity index (χ1n) is 4.56. The predicted octanol–water partition coefficient (Wildman–Crippen LogP) is 3.49. The summed E-state index contributed by atoms with van der Waals surface area (Å²) < 4.78 is 13.9. The lowest BCUT2D eigenvalue weighted by Crippen LogP contribution is -1.94. The number of nitrogens with one attached hydrogen (secondary N) is 1. The summed E-state index contributed by atoms with van der Waals surface area (Å²) in [5.41, 5.74) is 1.65. The van der Waals surface area contributed by atoms with Crippen LogP contribution < -0.4 is 5.32 Å². The molecule has 0 spiro atoms. The van der Waals surface area contributed by atoms with E-state index in [0.29, 0.717) is 4.47 Å². The number of aryl methyl sites for hydroxylation is 1. The molecule has 0 amide bonds. The minimum atomic E-state index is -0.251. The van der Waals surface area contributed by atoms with Crippen LogP contribution in [0.2, 0.25) is 0 Å². The molecule has 0 saturated carbocycles. The monoisotopic (exact) mass is 268 g/mol. The Morgan fingerprint density at radius 1 is 1.40 bits per heavy atom. The topological polar surface area (TPSA) is 24.9 Å². The van der Waals surface area contributed by atoms with E-state index >= 15 is 0 Å². The number of anilines is 1. The van der Waals surface area contributed by atoms with Gasteiger partial charge in [0.15, 0.2) is 0 Å². The molecule has 78 valence electrons. The fourth-order valence-corrected chi connectivity index (χ4v) is 1.96. The minimum Gasteiger partial charge on any atom is -0.373 e. The van der Waals surface area contributed by atoms with Crippen LogP contribution in [0.3, 0.4) is 0 Å². The van der Waals surface area contributed by atoms with Crippen LogP contribution >= 0.6 is 15.9 Å². The summed E-state index contributed by atoms with van der Waals surface area (Å²) >= 11 is 3.23. The highest BCUT2D eigenvalue weighted by Crippen LogP contribution is 2.29. The Kier molecular flexibility index (Phi) is 2.61. The quantitative estimate of drug-likeness (QED) is 0.857. The van der Waals surface area contributed by atoms with Crippen molar-refractivity contribution in [3.63, 3.8) is 0 Å². The van der Waals surface area contributed by atoms with Crippen LogP contribution in [0, 0.1) is 12.7 Å². The second-order valence-corrected chi connectivity index (χ2v) is 4.12. The van der Waals surface area contributed by atoms with Crippen molar-refractivity contribution in [2.75, 3.05) is 12.4 Å². The highest BCUT2D eigenvalue weighted by atomic mass is 79.9. The van der Waals surface area contributed by atoms with Gasteiger partial charge in [0, 0.05) is 12.4 Å². The van der Waals surface area contributed by atoms with Gasteiger partial charge in [-0.25, -0.2) is 9.37 Å². The minimum absolute atomic E-state index is 0.251. The van der Waals surface area contributed by atoms with Crippen molar-refractivity contribution in [2.45, 2.75) is 6.92 Å². The van der Waals surface area contributed by atoms with E-state index in [-0.39, 0.29) is 5.82 Å². The van der Waals surface area contributed by atoms with Crippen LogP contribution in [0.1, 0.15) is 5.56 Å². The fraction of sp³-hybridized carbons (Fsp3) is 0.182. The average molecular weight is 269 g/mol. The number of benzene rings is 1. The second kappa shape index (κ2) is 3.77. The number of fused-ring (bicyclic) bond motifs is 1. The Morgan fingerprint density at radius 3 is 2.80 bits per heavy atom. The predicted molar refractivity (Wildman–Crippen MR) is 63.7 cm³/mol. The lowest BCUT2D eigenvalue weighted by molar-refractivity contribution is 0.622. The third-order valence-electron chi connectivity index (χ3n) is 2.31. The zero-order chi connectivity index (χ0) is 11.0. The normalized spacial score (nSPS) is 10.7. The number of hydrogen-bond donors (Lipinski definition) is 1. The van der Waals surface area contributed by atoms with Crippen LogP contribution in [0.5, 0.6) is 0 Å². The van der Waals surface area contributed by atoms with Gasteiger partial charge in [0.1, 0.15) is 11.6 Å². The molecule has 0 aliphatic heterocycles. The average Bonchev–Trinajstić information content (AvgIpc) is 2.25. The van der Waals surface area contributed by atoms with Gasteiger partial charge in [0.05, 0.1) is 9.99 Å². The van der Waals surface area contributed by atoms with Gasteiger partial charge in [0.25, 0.3) is 0 Å². The van der Waals surface area contributed by atoms with E-state index in [1.807, 2.05) is 26.1 Å². The molecule has 0 saturated heterocycles. The molecule has 0 fully saturated rings. The first-order chi connectivity index (χ1) is 7.13. The molecule has 0 aliphatic rings. The molecule has 2 aromatic rings. The largest absolute Gasteiger partial charge is 0.373 e. The van der Waals surface area contributed by atoms with Crippen LogP contribution in [0.4, 0.5) is 10.2 Å². The van der Waals surface area contributed by atoms with Crippen molar-refractivity contribution in [2.24, 2.45) is 0 Å². The van der Waals surface area contributed by atoms with Crippen molar-refractivity contribution >= 4 is 32.7 Å². The van der Waals surface area contributed by atoms with Gasteiger partial charge in [0.2, 0.25) is 0 Å².